The molecule has 3 rings (SSSR count). The Morgan fingerprint density at radius 3 is 2.90 bits per heavy atom. The van der Waals surface area contributed by atoms with Gasteiger partial charge in [0.05, 0.1) is 16.6 Å². The maximum atomic E-state index is 12.5. The molecular formula is C17H15BrClNO. The van der Waals surface area contributed by atoms with Crippen LogP contribution < -0.4 is 5.32 Å². The number of hydrogen-bond acceptors (Lipinski definition) is 1. The van der Waals surface area contributed by atoms with Crippen molar-refractivity contribution in [1.29, 1.82) is 0 Å². The van der Waals surface area contributed by atoms with Gasteiger partial charge in [0.15, 0.2) is 0 Å². The lowest BCUT2D eigenvalue weighted by atomic mass is 9.87. The minimum atomic E-state index is -0.122. The zero-order valence-corrected chi connectivity index (χ0v) is 13.7. The standard InChI is InChI=1S/C17H15BrClNO/c18-12-8-9-15(19)14(10-12)17(21)20-16-7-3-5-11-4-1-2-6-13(11)16/h1-2,4,6,8-10,16H,3,5,7H2,(H,20,21). The van der Waals surface area contributed by atoms with Crippen LogP contribution in [0.2, 0.25) is 5.02 Å². The van der Waals surface area contributed by atoms with Crippen LogP contribution >= 0.6 is 27.5 Å². The quantitative estimate of drug-likeness (QED) is 0.806. The van der Waals surface area contributed by atoms with Gasteiger partial charge in [0.2, 0.25) is 0 Å². The van der Waals surface area contributed by atoms with Gasteiger partial charge < -0.3 is 5.32 Å². The van der Waals surface area contributed by atoms with Crippen LogP contribution in [0.25, 0.3) is 0 Å². The summed E-state index contributed by atoms with van der Waals surface area (Å²) in [4.78, 5) is 12.5. The molecule has 2 aromatic carbocycles. The molecule has 1 N–H and O–H groups in total. The van der Waals surface area contributed by atoms with Gasteiger partial charge in [-0.1, -0.05) is 51.8 Å². The van der Waals surface area contributed by atoms with E-state index >= 15 is 0 Å². The zero-order chi connectivity index (χ0) is 14.8. The number of benzene rings is 2. The number of carbonyl (C=O) groups excluding carboxylic acids is 1. The van der Waals surface area contributed by atoms with Gasteiger partial charge in [-0.05, 0) is 48.6 Å². The van der Waals surface area contributed by atoms with Gasteiger partial charge in [-0.2, -0.15) is 0 Å². The molecule has 21 heavy (non-hydrogen) atoms. The maximum absolute atomic E-state index is 12.5. The van der Waals surface area contributed by atoms with Crippen LogP contribution in [0.15, 0.2) is 46.9 Å². The molecule has 0 aliphatic heterocycles. The van der Waals surface area contributed by atoms with Crippen molar-refractivity contribution >= 4 is 33.4 Å². The first-order valence-corrected chi connectivity index (χ1v) is 8.16. The number of hydrogen-bond donors (Lipinski definition) is 1. The van der Waals surface area contributed by atoms with Gasteiger partial charge in [0.1, 0.15) is 0 Å². The van der Waals surface area contributed by atoms with Crippen LogP contribution in [-0.4, -0.2) is 5.91 Å². The summed E-state index contributed by atoms with van der Waals surface area (Å²) in [7, 11) is 0. The van der Waals surface area contributed by atoms with Crippen LogP contribution in [0, 0.1) is 0 Å². The summed E-state index contributed by atoms with van der Waals surface area (Å²) in [5.74, 6) is -0.122. The largest absolute Gasteiger partial charge is 0.345 e. The summed E-state index contributed by atoms with van der Waals surface area (Å²) < 4.78 is 0.848. The van der Waals surface area contributed by atoms with Gasteiger partial charge in [0, 0.05) is 4.47 Å². The van der Waals surface area contributed by atoms with Crippen molar-refractivity contribution in [2.45, 2.75) is 25.3 Å². The number of fused-ring (bicyclic) bond motifs is 1. The van der Waals surface area contributed by atoms with E-state index in [1.807, 2.05) is 18.2 Å². The molecule has 2 aromatic rings. The second kappa shape index (κ2) is 6.20. The van der Waals surface area contributed by atoms with Crippen molar-refractivity contribution < 1.29 is 4.79 Å². The first-order chi connectivity index (χ1) is 10.1. The average Bonchev–Trinajstić information content (AvgIpc) is 2.50. The summed E-state index contributed by atoms with van der Waals surface area (Å²) in [5.41, 5.74) is 3.06. The third-order valence-electron chi connectivity index (χ3n) is 3.85. The fourth-order valence-electron chi connectivity index (χ4n) is 2.81. The second-order valence-electron chi connectivity index (χ2n) is 5.24. The van der Waals surface area contributed by atoms with Gasteiger partial charge >= 0.3 is 0 Å². The lowest BCUT2D eigenvalue weighted by Crippen LogP contribution is -2.31. The summed E-state index contributed by atoms with van der Waals surface area (Å²) >= 11 is 9.50. The number of halogens is 2. The van der Waals surface area contributed by atoms with Gasteiger partial charge in [-0.3, -0.25) is 4.79 Å². The molecule has 0 spiro atoms. The normalized spacial score (nSPS) is 17.1. The van der Waals surface area contributed by atoms with Crippen molar-refractivity contribution in [1.82, 2.24) is 5.32 Å². The highest BCUT2D eigenvalue weighted by Gasteiger charge is 2.22. The molecule has 1 unspecified atom stereocenters. The van der Waals surface area contributed by atoms with E-state index in [0.29, 0.717) is 10.6 Å². The van der Waals surface area contributed by atoms with Crippen LogP contribution in [0.3, 0.4) is 0 Å². The van der Waals surface area contributed by atoms with Crippen LogP contribution in [0.1, 0.15) is 40.4 Å². The van der Waals surface area contributed by atoms with Crippen LogP contribution in [0.4, 0.5) is 0 Å². The fraction of sp³-hybridized carbons (Fsp3) is 0.235. The van der Waals surface area contributed by atoms with Crippen LogP contribution in [0.5, 0.6) is 0 Å². The van der Waals surface area contributed by atoms with E-state index in [4.69, 9.17) is 11.6 Å². The Bertz CT molecular complexity index is 686. The second-order valence-corrected chi connectivity index (χ2v) is 6.56. The first-order valence-electron chi connectivity index (χ1n) is 6.99. The van der Waals surface area contributed by atoms with Crippen molar-refractivity contribution in [3.8, 4) is 0 Å². The van der Waals surface area contributed by atoms with Gasteiger partial charge in [0.25, 0.3) is 5.91 Å². The first kappa shape index (κ1) is 14.6. The Balaban J connectivity index is 1.84. The molecule has 0 aromatic heterocycles. The highest BCUT2D eigenvalue weighted by molar-refractivity contribution is 9.10. The van der Waals surface area contributed by atoms with Crippen LogP contribution in [-0.2, 0) is 6.42 Å². The smallest absolute Gasteiger partial charge is 0.253 e. The minimum Gasteiger partial charge on any atom is -0.345 e. The Kier molecular flexibility index (Phi) is 4.32. The molecule has 0 saturated heterocycles. The fourth-order valence-corrected chi connectivity index (χ4v) is 3.38. The van der Waals surface area contributed by atoms with E-state index in [0.717, 1.165) is 23.7 Å². The monoisotopic (exact) mass is 363 g/mol. The van der Waals surface area contributed by atoms with Crippen molar-refractivity contribution in [2.24, 2.45) is 0 Å². The maximum Gasteiger partial charge on any atom is 0.253 e. The highest BCUT2D eigenvalue weighted by atomic mass is 79.9. The predicted molar refractivity (Wildman–Crippen MR) is 88.7 cm³/mol. The molecule has 1 atom stereocenters. The van der Waals surface area contributed by atoms with E-state index < -0.39 is 0 Å². The average molecular weight is 365 g/mol. The SMILES string of the molecule is O=C(NC1CCCc2ccccc21)c1cc(Br)ccc1Cl. The van der Waals surface area contributed by atoms with E-state index in [2.05, 4.69) is 33.4 Å². The molecule has 0 saturated carbocycles. The lowest BCUT2D eigenvalue weighted by molar-refractivity contribution is 0.0933. The molecule has 1 aliphatic rings. The Morgan fingerprint density at radius 2 is 2.05 bits per heavy atom. The molecule has 0 radical (unpaired) electrons. The van der Waals surface area contributed by atoms with E-state index in [1.165, 1.54) is 11.1 Å². The predicted octanol–water partition coefficient (Wildman–Crippen LogP) is 4.91. The molecule has 4 heteroatoms. The third-order valence-corrected chi connectivity index (χ3v) is 4.67. The van der Waals surface area contributed by atoms with Gasteiger partial charge in [-0.25, -0.2) is 0 Å². The highest BCUT2D eigenvalue weighted by Crippen LogP contribution is 2.30. The Hall–Kier alpha value is -1.32. The summed E-state index contributed by atoms with van der Waals surface area (Å²) in [6.45, 7) is 0. The molecule has 2 nitrogen and oxygen atoms in total. The van der Waals surface area contributed by atoms with E-state index in [1.54, 1.807) is 12.1 Å². The molecule has 1 aliphatic carbocycles. The van der Waals surface area contributed by atoms with Crippen molar-refractivity contribution in [3.05, 3.63) is 68.7 Å². The summed E-state index contributed by atoms with van der Waals surface area (Å²) in [5, 5.41) is 3.59. The molecule has 108 valence electrons. The number of rotatable bonds is 2. The third kappa shape index (κ3) is 3.14. The number of carbonyl (C=O) groups is 1. The number of amides is 1. The molecule has 0 heterocycles. The molecule has 0 bridgehead atoms. The summed E-state index contributed by atoms with van der Waals surface area (Å²) in [6.07, 6.45) is 3.14. The van der Waals surface area contributed by atoms with Crippen molar-refractivity contribution in [2.75, 3.05) is 0 Å². The van der Waals surface area contributed by atoms with Crippen molar-refractivity contribution in [3.63, 3.8) is 0 Å². The number of aryl methyl sites for hydroxylation is 1. The Morgan fingerprint density at radius 1 is 1.24 bits per heavy atom. The molecule has 1 amide bonds. The van der Waals surface area contributed by atoms with E-state index in [9.17, 15) is 4.79 Å². The molecular weight excluding hydrogens is 350 g/mol. The summed E-state index contributed by atoms with van der Waals surface area (Å²) in [6, 6.07) is 13.7. The van der Waals surface area contributed by atoms with E-state index in [-0.39, 0.29) is 11.9 Å². The molecule has 0 fully saturated rings. The zero-order valence-electron chi connectivity index (χ0n) is 11.4. The number of nitrogens with one attached hydrogen (secondary N) is 1. The topological polar surface area (TPSA) is 29.1 Å². The Labute approximate surface area is 137 Å². The minimum absolute atomic E-state index is 0.0671. The lowest BCUT2D eigenvalue weighted by Gasteiger charge is -2.26. The van der Waals surface area contributed by atoms with Gasteiger partial charge in [-0.15, -0.1) is 0 Å².